The number of nitrogens with two attached hydrogens (primary N) is 1. The number of ether oxygens (including phenoxy) is 1. The van der Waals surface area contributed by atoms with Gasteiger partial charge in [-0.2, -0.15) is 5.26 Å². The molecule has 3 nitrogen and oxygen atoms in total. The van der Waals surface area contributed by atoms with Gasteiger partial charge in [-0.15, -0.1) is 0 Å². The first-order chi connectivity index (χ1) is 8.19. The fraction of sp³-hybridized carbons (Fsp3) is 0.0714. The second kappa shape index (κ2) is 4.58. The topological polar surface area (TPSA) is 59.0 Å². The van der Waals surface area contributed by atoms with E-state index in [1.807, 2.05) is 19.1 Å². The highest BCUT2D eigenvalue weighted by Gasteiger charge is 2.00. The molecule has 0 saturated heterocycles. The number of rotatable bonds is 2. The zero-order chi connectivity index (χ0) is 12.3. The molecule has 0 aliphatic carbocycles. The standard InChI is InChI=1S/C14H12N2O/c1-10-7-13(5-6-14(10)16)17-12-4-2-3-11(8-12)9-15/h2-8H,16H2,1H3. The first-order valence-corrected chi connectivity index (χ1v) is 5.23. The number of nitrogens with zero attached hydrogens (tertiary/aromatic N) is 1. The summed E-state index contributed by atoms with van der Waals surface area (Å²) in [6.45, 7) is 1.92. The molecule has 2 rings (SSSR count). The van der Waals surface area contributed by atoms with Crippen molar-refractivity contribution in [3.05, 3.63) is 53.6 Å². The van der Waals surface area contributed by atoms with Crippen LogP contribution >= 0.6 is 0 Å². The van der Waals surface area contributed by atoms with E-state index < -0.39 is 0 Å². The molecular formula is C14H12N2O. The minimum atomic E-state index is 0.578. The van der Waals surface area contributed by atoms with Gasteiger partial charge in [0.25, 0.3) is 0 Å². The minimum Gasteiger partial charge on any atom is -0.457 e. The Balaban J connectivity index is 2.25. The average Bonchev–Trinajstić information content (AvgIpc) is 2.34. The average molecular weight is 224 g/mol. The molecule has 0 aliphatic rings. The highest BCUT2D eigenvalue weighted by Crippen LogP contribution is 2.25. The van der Waals surface area contributed by atoms with Crippen LogP contribution in [-0.4, -0.2) is 0 Å². The molecule has 2 N–H and O–H groups in total. The third-order valence-electron chi connectivity index (χ3n) is 2.44. The number of hydrogen-bond acceptors (Lipinski definition) is 3. The van der Waals surface area contributed by atoms with Gasteiger partial charge in [0.05, 0.1) is 11.6 Å². The smallest absolute Gasteiger partial charge is 0.128 e. The molecule has 0 unspecified atom stereocenters. The van der Waals surface area contributed by atoms with Crippen LogP contribution in [0.4, 0.5) is 5.69 Å². The lowest BCUT2D eigenvalue weighted by atomic mass is 10.2. The van der Waals surface area contributed by atoms with Gasteiger partial charge >= 0.3 is 0 Å². The van der Waals surface area contributed by atoms with Crippen molar-refractivity contribution in [2.24, 2.45) is 0 Å². The molecular weight excluding hydrogens is 212 g/mol. The minimum absolute atomic E-state index is 0.578. The summed E-state index contributed by atoms with van der Waals surface area (Å²) in [5.41, 5.74) is 8.02. The summed E-state index contributed by atoms with van der Waals surface area (Å²) in [7, 11) is 0. The number of benzene rings is 2. The van der Waals surface area contributed by atoms with Crippen LogP contribution in [0.5, 0.6) is 11.5 Å². The van der Waals surface area contributed by atoms with Crippen LogP contribution < -0.4 is 10.5 Å². The van der Waals surface area contributed by atoms with Gasteiger partial charge in [0.2, 0.25) is 0 Å². The Morgan fingerprint density at radius 3 is 2.59 bits per heavy atom. The SMILES string of the molecule is Cc1cc(Oc2cccc(C#N)c2)ccc1N. The first kappa shape index (κ1) is 11.0. The van der Waals surface area contributed by atoms with Gasteiger partial charge in [-0.3, -0.25) is 0 Å². The van der Waals surface area contributed by atoms with Gasteiger partial charge in [-0.25, -0.2) is 0 Å². The molecule has 0 aliphatic heterocycles. The second-order valence-corrected chi connectivity index (χ2v) is 3.76. The van der Waals surface area contributed by atoms with Crippen molar-refractivity contribution >= 4 is 5.69 Å². The summed E-state index contributed by atoms with van der Waals surface area (Å²) in [6, 6.07) is 14.6. The van der Waals surface area contributed by atoms with E-state index in [1.54, 1.807) is 30.3 Å². The van der Waals surface area contributed by atoms with Crippen molar-refractivity contribution in [3.63, 3.8) is 0 Å². The summed E-state index contributed by atoms with van der Waals surface area (Å²) < 4.78 is 5.65. The highest BCUT2D eigenvalue weighted by atomic mass is 16.5. The number of hydrogen-bond donors (Lipinski definition) is 1. The van der Waals surface area contributed by atoms with E-state index in [-0.39, 0.29) is 0 Å². The molecule has 17 heavy (non-hydrogen) atoms. The quantitative estimate of drug-likeness (QED) is 0.796. The van der Waals surface area contributed by atoms with Crippen molar-refractivity contribution in [2.45, 2.75) is 6.92 Å². The molecule has 0 aromatic heterocycles. The third-order valence-corrected chi connectivity index (χ3v) is 2.44. The number of nitriles is 1. The summed E-state index contributed by atoms with van der Waals surface area (Å²) in [5, 5.41) is 8.79. The molecule has 0 atom stereocenters. The molecule has 0 amide bonds. The Kier molecular flexibility index (Phi) is 2.97. The van der Waals surface area contributed by atoms with Crippen LogP contribution in [-0.2, 0) is 0 Å². The molecule has 2 aromatic carbocycles. The molecule has 0 heterocycles. The molecule has 0 fully saturated rings. The molecule has 84 valence electrons. The maximum absolute atomic E-state index is 8.79. The Morgan fingerprint density at radius 2 is 1.88 bits per heavy atom. The maximum Gasteiger partial charge on any atom is 0.128 e. The molecule has 2 aromatic rings. The van der Waals surface area contributed by atoms with E-state index in [1.165, 1.54) is 0 Å². The zero-order valence-electron chi connectivity index (χ0n) is 9.47. The van der Waals surface area contributed by atoms with Gasteiger partial charge < -0.3 is 10.5 Å². The Labute approximate surface area is 100 Å². The lowest BCUT2D eigenvalue weighted by Gasteiger charge is -2.07. The van der Waals surface area contributed by atoms with E-state index in [0.717, 1.165) is 11.3 Å². The van der Waals surface area contributed by atoms with Crippen molar-refractivity contribution in [1.82, 2.24) is 0 Å². The predicted octanol–water partition coefficient (Wildman–Crippen LogP) is 3.24. The molecule has 0 radical (unpaired) electrons. The van der Waals surface area contributed by atoms with Crippen molar-refractivity contribution in [3.8, 4) is 17.6 Å². The number of anilines is 1. The van der Waals surface area contributed by atoms with E-state index in [2.05, 4.69) is 6.07 Å². The van der Waals surface area contributed by atoms with Gasteiger partial charge in [0.1, 0.15) is 11.5 Å². The Bertz CT molecular complexity index is 585. The van der Waals surface area contributed by atoms with Gasteiger partial charge in [0.15, 0.2) is 0 Å². The predicted molar refractivity (Wildman–Crippen MR) is 66.8 cm³/mol. The molecule has 3 heteroatoms. The fourth-order valence-electron chi connectivity index (χ4n) is 1.48. The summed E-state index contributed by atoms with van der Waals surface area (Å²) >= 11 is 0. The maximum atomic E-state index is 8.79. The summed E-state index contributed by atoms with van der Waals surface area (Å²) in [4.78, 5) is 0. The van der Waals surface area contributed by atoms with Gasteiger partial charge in [-0.05, 0) is 48.9 Å². The first-order valence-electron chi connectivity index (χ1n) is 5.23. The van der Waals surface area contributed by atoms with Crippen LogP contribution in [0.25, 0.3) is 0 Å². The van der Waals surface area contributed by atoms with Crippen LogP contribution in [0.3, 0.4) is 0 Å². The lowest BCUT2D eigenvalue weighted by molar-refractivity contribution is 0.482. The molecule has 0 spiro atoms. The largest absolute Gasteiger partial charge is 0.457 e. The van der Waals surface area contributed by atoms with Gasteiger partial charge in [0, 0.05) is 5.69 Å². The van der Waals surface area contributed by atoms with Crippen LogP contribution in [0.1, 0.15) is 11.1 Å². The van der Waals surface area contributed by atoms with Gasteiger partial charge in [-0.1, -0.05) is 6.07 Å². The monoisotopic (exact) mass is 224 g/mol. The van der Waals surface area contributed by atoms with Crippen LogP contribution in [0.15, 0.2) is 42.5 Å². The number of aryl methyl sites for hydroxylation is 1. The normalized spacial score (nSPS) is 9.65. The lowest BCUT2D eigenvalue weighted by Crippen LogP contribution is -1.91. The molecule has 0 bridgehead atoms. The second-order valence-electron chi connectivity index (χ2n) is 3.76. The third kappa shape index (κ3) is 2.56. The van der Waals surface area contributed by atoms with Crippen LogP contribution in [0, 0.1) is 18.3 Å². The zero-order valence-corrected chi connectivity index (χ0v) is 9.47. The number of nitrogen functional groups attached to an aromatic ring is 1. The van der Waals surface area contributed by atoms with Crippen molar-refractivity contribution in [2.75, 3.05) is 5.73 Å². The van der Waals surface area contributed by atoms with E-state index in [9.17, 15) is 0 Å². The van der Waals surface area contributed by atoms with Crippen molar-refractivity contribution < 1.29 is 4.74 Å². The van der Waals surface area contributed by atoms with E-state index >= 15 is 0 Å². The molecule has 0 saturated carbocycles. The van der Waals surface area contributed by atoms with E-state index in [0.29, 0.717) is 17.1 Å². The Morgan fingerprint density at radius 1 is 1.12 bits per heavy atom. The Hall–Kier alpha value is -2.47. The fourth-order valence-corrected chi connectivity index (χ4v) is 1.48. The highest BCUT2D eigenvalue weighted by molar-refractivity contribution is 5.50. The van der Waals surface area contributed by atoms with E-state index in [4.69, 9.17) is 15.7 Å². The summed E-state index contributed by atoms with van der Waals surface area (Å²) in [5.74, 6) is 1.36. The van der Waals surface area contributed by atoms with Crippen molar-refractivity contribution in [1.29, 1.82) is 5.26 Å². The van der Waals surface area contributed by atoms with Crippen LogP contribution in [0.2, 0.25) is 0 Å². The summed E-state index contributed by atoms with van der Waals surface area (Å²) in [6.07, 6.45) is 0.